The molecule has 2 amide bonds. The molecule has 1 N–H and O–H groups in total. The quantitative estimate of drug-likeness (QED) is 0.761. The largest absolute Gasteiger partial charge is 0.450 e. The number of nitrogens with zero attached hydrogens (tertiary/aromatic N) is 2. The standard InChI is InChI=1S/C20H17F2N3O3S/c1-2-28-20(27)25-9-8-13-14(10-23)19(29-16(13)11-25)24-17(26)7-6-12-4-3-5-15(21)18(12)22/h3-7H,2,8-9,11H2,1H3,(H,24,26). The molecule has 0 saturated heterocycles. The summed E-state index contributed by atoms with van der Waals surface area (Å²) in [5, 5.41) is 12.5. The van der Waals surface area contributed by atoms with Crippen LogP contribution in [0.3, 0.4) is 0 Å². The summed E-state index contributed by atoms with van der Waals surface area (Å²) in [7, 11) is 0. The van der Waals surface area contributed by atoms with E-state index >= 15 is 0 Å². The van der Waals surface area contributed by atoms with Gasteiger partial charge in [0, 0.05) is 23.1 Å². The zero-order chi connectivity index (χ0) is 21.0. The van der Waals surface area contributed by atoms with Crippen LogP contribution in [0.5, 0.6) is 0 Å². The summed E-state index contributed by atoms with van der Waals surface area (Å²) in [5.74, 6) is -2.62. The molecule has 150 valence electrons. The fraction of sp³-hybridized carbons (Fsp3) is 0.250. The topological polar surface area (TPSA) is 82.4 Å². The number of amides is 2. The van der Waals surface area contributed by atoms with Crippen LogP contribution in [0.15, 0.2) is 24.3 Å². The summed E-state index contributed by atoms with van der Waals surface area (Å²) in [6.45, 7) is 2.72. The van der Waals surface area contributed by atoms with Crippen molar-refractivity contribution in [3.8, 4) is 6.07 Å². The van der Waals surface area contributed by atoms with E-state index < -0.39 is 23.6 Å². The van der Waals surface area contributed by atoms with Crippen molar-refractivity contribution >= 4 is 34.4 Å². The lowest BCUT2D eigenvalue weighted by atomic mass is 10.0. The smallest absolute Gasteiger partial charge is 0.410 e. The van der Waals surface area contributed by atoms with E-state index in [1.807, 2.05) is 0 Å². The number of nitriles is 1. The van der Waals surface area contributed by atoms with Crippen LogP contribution >= 0.6 is 11.3 Å². The third-order valence-corrected chi connectivity index (χ3v) is 5.46. The number of carbonyl (C=O) groups excluding carboxylic acids is 2. The zero-order valence-electron chi connectivity index (χ0n) is 15.5. The fourth-order valence-corrected chi connectivity index (χ4v) is 4.17. The van der Waals surface area contributed by atoms with Crippen LogP contribution in [-0.4, -0.2) is 30.1 Å². The molecule has 0 saturated carbocycles. The number of benzene rings is 1. The summed E-state index contributed by atoms with van der Waals surface area (Å²) in [5.41, 5.74) is 1.09. The number of hydrogen-bond donors (Lipinski definition) is 1. The van der Waals surface area contributed by atoms with Gasteiger partial charge in [-0.25, -0.2) is 13.6 Å². The van der Waals surface area contributed by atoms with Crippen LogP contribution < -0.4 is 5.32 Å². The first-order valence-electron chi connectivity index (χ1n) is 8.84. The number of ether oxygens (including phenoxy) is 1. The molecule has 1 aromatic carbocycles. The average molecular weight is 417 g/mol. The highest BCUT2D eigenvalue weighted by Crippen LogP contribution is 2.36. The lowest BCUT2D eigenvalue weighted by molar-refractivity contribution is -0.111. The Morgan fingerprint density at radius 2 is 2.21 bits per heavy atom. The zero-order valence-corrected chi connectivity index (χ0v) is 16.3. The monoisotopic (exact) mass is 417 g/mol. The maximum atomic E-state index is 13.7. The number of anilines is 1. The highest BCUT2D eigenvalue weighted by molar-refractivity contribution is 7.16. The molecule has 0 bridgehead atoms. The van der Waals surface area contributed by atoms with Crippen molar-refractivity contribution in [3.05, 3.63) is 57.5 Å². The number of fused-ring (bicyclic) bond motifs is 1. The van der Waals surface area contributed by atoms with Gasteiger partial charge in [0.25, 0.3) is 0 Å². The highest BCUT2D eigenvalue weighted by Gasteiger charge is 2.27. The maximum absolute atomic E-state index is 13.7. The van der Waals surface area contributed by atoms with E-state index in [2.05, 4.69) is 11.4 Å². The van der Waals surface area contributed by atoms with Gasteiger partial charge >= 0.3 is 6.09 Å². The third-order valence-electron chi connectivity index (χ3n) is 4.33. The Morgan fingerprint density at radius 3 is 2.93 bits per heavy atom. The molecular formula is C20H17F2N3O3S. The predicted molar refractivity (Wildman–Crippen MR) is 104 cm³/mol. The van der Waals surface area contributed by atoms with Crippen molar-refractivity contribution in [2.75, 3.05) is 18.5 Å². The van der Waals surface area contributed by atoms with Crippen LogP contribution in [0.4, 0.5) is 18.6 Å². The molecule has 1 aromatic heterocycles. The summed E-state index contributed by atoms with van der Waals surface area (Å²) in [6, 6.07) is 5.77. The van der Waals surface area contributed by atoms with E-state index in [4.69, 9.17) is 4.74 Å². The molecule has 6 nitrogen and oxygen atoms in total. The first-order chi connectivity index (χ1) is 13.9. The van der Waals surface area contributed by atoms with Crippen molar-refractivity contribution in [1.82, 2.24) is 4.90 Å². The van der Waals surface area contributed by atoms with Crippen molar-refractivity contribution in [2.45, 2.75) is 19.9 Å². The van der Waals surface area contributed by atoms with Gasteiger partial charge in [-0.1, -0.05) is 12.1 Å². The van der Waals surface area contributed by atoms with Crippen molar-refractivity contribution in [1.29, 1.82) is 5.26 Å². The molecule has 1 aliphatic heterocycles. The fourth-order valence-electron chi connectivity index (χ4n) is 2.95. The van der Waals surface area contributed by atoms with E-state index in [-0.39, 0.29) is 12.2 Å². The molecule has 2 heterocycles. The minimum Gasteiger partial charge on any atom is -0.450 e. The van der Waals surface area contributed by atoms with E-state index in [1.165, 1.54) is 23.5 Å². The molecule has 0 fully saturated rings. The van der Waals surface area contributed by atoms with Gasteiger partial charge in [0.05, 0.1) is 18.7 Å². The molecule has 0 radical (unpaired) electrons. The summed E-state index contributed by atoms with van der Waals surface area (Å²) >= 11 is 1.21. The van der Waals surface area contributed by atoms with Crippen molar-refractivity contribution in [2.24, 2.45) is 0 Å². The SMILES string of the molecule is CCOC(=O)N1CCc2c(sc(NC(=O)C=Cc3cccc(F)c3F)c2C#N)C1. The van der Waals surface area contributed by atoms with Gasteiger partial charge in [-0.15, -0.1) is 11.3 Å². The predicted octanol–water partition coefficient (Wildman–Crippen LogP) is 4.06. The van der Waals surface area contributed by atoms with Crippen LogP contribution in [0.25, 0.3) is 6.08 Å². The van der Waals surface area contributed by atoms with Gasteiger partial charge in [-0.2, -0.15) is 5.26 Å². The second kappa shape index (κ2) is 8.84. The Bertz CT molecular complexity index is 1030. The first kappa shape index (κ1) is 20.5. The molecule has 9 heteroatoms. The summed E-state index contributed by atoms with van der Waals surface area (Å²) in [6.07, 6.45) is 2.29. The lowest BCUT2D eigenvalue weighted by Gasteiger charge is -2.25. The Labute approximate surface area is 170 Å². The van der Waals surface area contributed by atoms with Gasteiger partial charge in [0.1, 0.15) is 11.1 Å². The second-order valence-electron chi connectivity index (χ2n) is 6.16. The minimum atomic E-state index is -1.04. The molecule has 2 aromatic rings. The Kier molecular flexibility index (Phi) is 6.24. The number of carbonyl (C=O) groups is 2. The normalized spacial score (nSPS) is 13.1. The molecule has 29 heavy (non-hydrogen) atoms. The molecule has 1 aliphatic rings. The van der Waals surface area contributed by atoms with E-state index in [9.17, 15) is 23.6 Å². The number of hydrogen-bond acceptors (Lipinski definition) is 5. The first-order valence-corrected chi connectivity index (χ1v) is 9.65. The van der Waals surface area contributed by atoms with Crippen LogP contribution in [0.1, 0.15) is 28.5 Å². The Hall–Kier alpha value is -3.25. The minimum absolute atomic E-state index is 0.0591. The van der Waals surface area contributed by atoms with Crippen LogP contribution in [-0.2, 0) is 22.5 Å². The summed E-state index contributed by atoms with van der Waals surface area (Å²) < 4.78 is 31.9. The number of rotatable bonds is 4. The van der Waals surface area contributed by atoms with Gasteiger partial charge in [-0.3, -0.25) is 4.79 Å². The van der Waals surface area contributed by atoms with Gasteiger partial charge in [-0.05, 0) is 31.1 Å². The van der Waals surface area contributed by atoms with E-state index in [0.29, 0.717) is 30.1 Å². The average Bonchev–Trinajstić information content (AvgIpc) is 3.05. The van der Waals surface area contributed by atoms with Crippen LogP contribution in [0, 0.1) is 23.0 Å². The molecule has 0 spiro atoms. The number of halogens is 2. The van der Waals surface area contributed by atoms with Crippen molar-refractivity contribution < 1.29 is 23.1 Å². The molecular weight excluding hydrogens is 400 g/mol. The second-order valence-corrected chi connectivity index (χ2v) is 7.26. The highest BCUT2D eigenvalue weighted by atomic mass is 32.1. The Morgan fingerprint density at radius 1 is 1.41 bits per heavy atom. The molecule has 0 atom stereocenters. The van der Waals surface area contributed by atoms with Gasteiger partial charge in [0.15, 0.2) is 11.6 Å². The van der Waals surface area contributed by atoms with Gasteiger partial charge in [0.2, 0.25) is 5.91 Å². The van der Waals surface area contributed by atoms with Crippen molar-refractivity contribution in [3.63, 3.8) is 0 Å². The maximum Gasteiger partial charge on any atom is 0.410 e. The van der Waals surface area contributed by atoms with E-state index in [1.54, 1.807) is 11.8 Å². The lowest BCUT2D eigenvalue weighted by Crippen LogP contribution is -2.35. The van der Waals surface area contributed by atoms with Gasteiger partial charge < -0.3 is 15.0 Å². The van der Waals surface area contributed by atoms with Crippen LogP contribution in [0.2, 0.25) is 0 Å². The summed E-state index contributed by atoms with van der Waals surface area (Å²) in [4.78, 5) is 26.5. The Balaban J connectivity index is 1.76. The molecule has 0 unspecified atom stereocenters. The molecule has 0 aliphatic carbocycles. The third kappa shape index (κ3) is 4.43. The molecule has 3 rings (SSSR count). The number of thiophene rings is 1. The number of nitrogens with one attached hydrogen (secondary N) is 1. The van der Waals surface area contributed by atoms with E-state index in [0.717, 1.165) is 28.7 Å².